The van der Waals surface area contributed by atoms with E-state index in [2.05, 4.69) is 0 Å². The van der Waals surface area contributed by atoms with Crippen molar-refractivity contribution in [2.75, 3.05) is 19.7 Å². The van der Waals surface area contributed by atoms with E-state index in [1.54, 1.807) is 4.90 Å². The molecule has 1 aromatic rings. The van der Waals surface area contributed by atoms with Crippen LogP contribution in [0, 0.1) is 0 Å². The molecule has 2 rings (SSSR count). The van der Waals surface area contributed by atoms with Gasteiger partial charge in [-0.2, -0.15) is 0 Å². The Morgan fingerprint density at radius 1 is 1.44 bits per heavy atom. The van der Waals surface area contributed by atoms with Crippen LogP contribution >= 0.6 is 0 Å². The molecule has 0 saturated carbocycles. The zero-order valence-corrected chi connectivity index (χ0v) is 9.26. The maximum absolute atomic E-state index is 10.7. The number of para-hydroxylation sites is 2. The summed E-state index contributed by atoms with van der Waals surface area (Å²) < 4.78 is 11.3. The fraction of sp³-hybridized carbons (Fsp3) is 0.417. The first kappa shape index (κ1) is 10.8. The summed E-state index contributed by atoms with van der Waals surface area (Å²) in [5.41, 5.74) is 0. The van der Waals surface area contributed by atoms with Crippen LogP contribution in [0.5, 0.6) is 11.5 Å². The van der Waals surface area contributed by atoms with Gasteiger partial charge >= 0.3 is 0 Å². The predicted molar refractivity (Wildman–Crippen MR) is 59.7 cm³/mol. The van der Waals surface area contributed by atoms with Gasteiger partial charge in [0.05, 0.1) is 6.54 Å². The standard InChI is InChI=1S/C12H15NO3/c1-2-13(9-14)7-10-8-15-11-5-3-4-6-12(11)16-10/h3-6,9-10H,2,7-8H2,1H3. The molecule has 16 heavy (non-hydrogen) atoms. The van der Waals surface area contributed by atoms with Gasteiger partial charge in [0.15, 0.2) is 17.6 Å². The molecule has 1 aromatic carbocycles. The number of hydrogen-bond donors (Lipinski definition) is 0. The van der Waals surface area contributed by atoms with Gasteiger partial charge in [-0.25, -0.2) is 0 Å². The molecule has 0 fully saturated rings. The lowest BCUT2D eigenvalue weighted by Gasteiger charge is -2.29. The highest BCUT2D eigenvalue weighted by molar-refractivity contribution is 5.47. The minimum atomic E-state index is -0.0833. The van der Waals surface area contributed by atoms with Crippen molar-refractivity contribution in [1.29, 1.82) is 0 Å². The Kier molecular flexibility index (Phi) is 3.29. The van der Waals surface area contributed by atoms with Gasteiger partial charge in [-0.1, -0.05) is 12.1 Å². The first-order valence-electron chi connectivity index (χ1n) is 5.41. The Bertz CT molecular complexity index is 367. The Labute approximate surface area is 94.8 Å². The highest BCUT2D eigenvalue weighted by Crippen LogP contribution is 2.30. The number of fused-ring (bicyclic) bond motifs is 1. The molecule has 0 N–H and O–H groups in total. The lowest BCUT2D eigenvalue weighted by atomic mass is 10.2. The van der Waals surface area contributed by atoms with E-state index < -0.39 is 0 Å². The molecule has 1 amide bonds. The minimum absolute atomic E-state index is 0.0833. The number of carbonyl (C=O) groups is 1. The van der Waals surface area contributed by atoms with Gasteiger partial charge in [-0.15, -0.1) is 0 Å². The molecule has 1 atom stereocenters. The summed E-state index contributed by atoms with van der Waals surface area (Å²) in [6.07, 6.45) is 0.754. The second kappa shape index (κ2) is 4.88. The van der Waals surface area contributed by atoms with Crippen LogP contribution < -0.4 is 9.47 Å². The van der Waals surface area contributed by atoms with Crippen LogP contribution in [0.3, 0.4) is 0 Å². The van der Waals surface area contributed by atoms with E-state index in [9.17, 15) is 4.79 Å². The fourth-order valence-corrected chi connectivity index (χ4v) is 1.66. The Balaban J connectivity index is 2.00. The maximum atomic E-state index is 10.7. The summed E-state index contributed by atoms with van der Waals surface area (Å²) in [5.74, 6) is 1.52. The lowest BCUT2D eigenvalue weighted by molar-refractivity contribution is -0.119. The molecule has 1 heterocycles. The second-order valence-electron chi connectivity index (χ2n) is 3.69. The monoisotopic (exact) mass is 221 g/mol. The number of amides is 1. The average Bonchev–Trinajstić information content (AvgIpc) is 2.35. The Morgan fingerprint density at radius 2 is 2.19 bits per heavy atom. The quantitative estimate of drug-likeness (QED) is 0.719. The van der Waals surface area contributed by atoms with Gasteiger partial charge in [-0.3, -0.25) is 4.79 Å². The predicted octanol–water partition coefficient (Wildman–Crippen LogP) is 1.30. The fourth-order valence-electron chi connectivity index (χ4n) is 1.66. The van der Waals surface area contributed by atoms with Crippen molar-refractivity contribution in [3.8, 4) is 11.5 Å². The molecule has 4 nitrogen and oxygen atoms in total. The number of nitrogens with zero attached hydrogens (tertiary/aromatic N) is 1. The summed E-state index contributed by atoms with van der Waals surface area (Å²) in [7, 11) is 0. The van der Waals surface area contributed by atoms with Gasteiger partial charge in [0.1, 0.15) is 6.61 Å². The van der Waals surface area contributed by atoms with Crippen LogP contribution in [-0.4, -0.2) is 37.1 Å². The van der Waals surface area contributed by atoms with Gasteiger partial charge in [0.2, 0.25) is 6.41 Å². The topological polar surface area (TPSA) is 38.8 Å². The van der Waals surface area contributed by atoms with Crippen molar-refractivity contribution in [3.63, 3.8) is 0 Å². The van der Waals surface area contributed by atoms with E-state index in [-0.39, 0.29) is 6.10 Å². The first-order valence-corrected chi connectivity index (χ1v) is 5.41. The molecule has 1 aliphatic heterocycles. The maximum Gasteiger partial charge on any atom is 0.209 e. The Hall–Kier alpha value is -1.71. The highest BCUT2D eigenvalue weighted by Gasteiger charge is 2.21. The second-order valence-corrected chi connectivity index (χ2v) is 3.69. The van der Waals surface area contributed by atoms with Crippen molar-refractivity contribution in [1.82, 2.24) is 4.90 Å². The summed E-state index contributed by atoms with van der Waals surface area (Å²) in [5, 5.41) is 0. The van der Waals surface area contributed by atoms with E-state index in [0.29, 0.717) is 19.7 Å². The van der Waals surface area contributed by atoms with Crippen molar-refractivity contribution in [2.45, 2.75) is 13.0 Å². The molecule has 4 heteroatoms. The molecule has 0 aliphatic carbocycles. The van der Waals surface area contributed by atoms with Crippen molar-refractivity contribution in [3.05, 3.63) is 24.3 Å². The molecule has 1 aliphatic rings. The van der Waals surface area contributed by atoms with E-state index in [0.717, 1.165) is 17.9 Å². The lowest BCUT2D eigenvalue weighted by Crippen LogP contribution is -2.40. The van der Waals surface area contributed by atoms with Crippen LogP contribution in [-0.2, 0) is 4.79 Å². The molecule has 0 saturated heterocycles. The van der Waals surface area contributed by atoms with Crippen LogP contribution in [0.15, 0.2) is 24.3 Å². The molecule has 86 valence electrons. The molecule has 0 spiro atoms. The van der Waals surface area contributed by atoms with Crippen molar-refractivity contribution < 1.29 is 14.3 Å². The van der Waals surface area contributed by atoms with Crippen molar-refractivity contribution >= 4 is 6.41 Å². The zero-order chi connectivity index (χ0) is 11.4. The molecular formula is C12H15NO3. The number of carbonyl (C=O) groups excluding carboxylic acids is 1. The molecule has 0 radical (unpaired) electrons. The number of hydrogen-bond acceptors (Lipinski definition) is 3. The molecule has 0 aromatic heterocycles. The zero-order valence-electron chi connectivity index (χ0n) is 9.26. The first-order chi connectivity index (χ1) is 7.83. The third-order valence-corrected chi connectivity index (χ3v) is 2.56. The summed E-state index contributed by atoms with van der Waals surface area (Å²) in [6.45, 7) is 3.67. The average molecular weight is 221 g/mol. The van der Waals surface area contributed by atoms with E-state index >= 15 is 0 Å². The minimum Gasteiger partial charge on any atom is -0.486 e. The molecule has 1 unspecified atom stereocenters. The Morgan fingerprint density at radius 3 is 2.88 bits per heavy atom. The third kappa shape index (κ3) is 2.27. The number of ether oxygens (including phenoxy) is 2. The summed E-state index contributed by atoms with van der Waals surface area (Å²) in [6, 6.07) is 7.57. The SMILES string of the molecule is CCN(C=O)CC1COc2ccccc2O1. The highest BCUT2D eigenvalue weighted by atomic mass is 16.6. The van der Waals surface area contributed by atoms with Gasteiger partial charge in [-0.05, 0) is 19.1 Å². The largest absolute Gasteiger partial charge is 0.486 e. The van der Waals surface area contributed by atoms with Crippen LogP contribution in [0.25, 0.3) is 0 Å². The number of likely N-dealkylation sites (N-methyl/N-ethyl adjacent to an activating group) is 1. The molecule has 0 bridgehead atoms. The van der Waals surface area contributed by atoms with Crippen LogP contribution in [0.4, 0.5) is 0 Å². The third-order valence-electron chi connectivity index (χ3n) is 2.56. The van der Waals surface area contributed by atoms with Crippen molar-refractivity contribution in [2.24, 2.45) is 0 Å². The van der Waals surface area contributed by atoms with E-state index in [1.807, 2.05) is 31.2 Å². The summed E-state index contributed by atoms with van der Waals surface area (Å²) >= 11 is 0. The van der Waals surface area contributed by atoms with Gasteiger partial charge < -0.3 is 14.4 Å². The normalized spacial score (nSPS) is 17.9. The molecular weight excluding hydrogens is 206 g/mol. The number of rotatable bonds is 4. The van der Waals surface area contributed by atoms with Crippen LogP contribution in [0.2, 0.25) is 0 Å². The van der Waals surface area contributed by atoms with E-state index in [4.69, 9.17) is 9.47 Å². The smallest absolute Gasteiger partial charge is 0.209 e. The summed E-state index contributed by atoms with van der Waals surface area (Å²) in [4.78, 5) is 12.4. The van der Waals surface area contributed by atoms with Crippen LogP contribution in [0.1, 0.15) is 6.92 Å². The van der Waals surface area contributed by atoms with Gasteiger partial charge in [0, 0.05) is 6.54 Å². The van der Waals surface area contributed by atoms with E-state index in [1.165, 1.54) is 0 Å². The number of benzene rings is 1. The van der Waals surface area contributed by atoms with Gasteiger partial charge in [0.25, 0.3) is 0 Å².